The Hall–Kier alpha value is -2.56. The smallest absolute Gasteiger partial charge is 0.550 e. The molecule has 10 heteroatoms. The Morgan fingerprint density at radius 2 is 1.70 bits per heavy atom. The zero-order valence-electron chi connectivity index (χ0n) is 21.4. The predicted molar refractivity (Wildman–Crippen MR) is 130 cm³/mol. The van der Waals surface area contributed by atoms with E-state index in [4.69, 9.17) is 0 Å². The molecule has 1 aromatic heterocycles. The van der Waals surface area contributed by atoms with E-state index in [9.17, 15) is 29.3 Å². The van der Waals surface area contributed by atoms with Crippen LogP contribution in [0, 0.1) is 5.82 Å². The van der Waals surface area contributed by atoms with Gasteiger partial charge >= 0.3 is 29.6 Å². The largest absolute Gasteiger partial charge is 1.00 e. The summed E-state index contributed by atoms with van der Waals surface area (Å²) in [6.07, 6.45) is -2.40. The first-order chi connectivity index (χ1) is 17.2. The van der Waals surface area contributed by atoms with Gasteiger partial charge in [0.25, 0.3) is 5.91 Å². The van der Waals surface area contributed by atoms with Gasteiger partial charge in [-0.2, -0.15) is 0 Å². The summed E-state index contributed by atoms with van der Waals surface area (Å²) in [5.74, 6) is -1.96. The maximum atomic E-state index is 13.6. The minimum atomic E-state index is -1.39. The fourth-order valence-corrected chi connectivity index (χ4v) is 4.13. The van der Waals surface area contributed by atoms with Crippen LogP contribution < -0.4 is 40.0 Å². The normalized spacial score (nSPS) is 12.6. The van der Waals surface area contributed by atoms with Crippen molar-refractivity contribution in [2.24, 2.45) is 0 Å². The molecule has 0 saturated carbocycles. The van der Waals surface area contributed by atoms with Crippen molar-refractivity contribution in [3.63, 3.8) is 0 Å². The number of carbonyl (C=O) groups is 2. The first-order valence-corrected chi connectivity index (χ1v) is 11.9. The van der Waals surface area contributed by atoms with E-state index in [-0.39, 0.29) is 60.2 Å². The fourth-order valence-electron chi connectivity index (χ4n) is 4.13. The van der Waals surface area contributed by atoms with Crippen molar-refractivity contribution < 1.29 is 58.9 Å². The molecule has 192 valence electrons. The Morgan fingerprint density at radius 3 is 2.30 bits per heavy atom. The molecule has 3 N–H and O–H groups in total. The van der Waals surface area contributed by atoms with Crippen LogP contribution in [-0.2, 0) is 17.8 Å². The Balaban J connectivity index is 0.00000481. The van der Waals surface area contributed by atoms with Crippen molar-refractivity contribution in [1.82, 2.24) is 14.9 Å². The number of carboxylic acids is 1. The average molecular weight is 520 g/mol. The number of benzene rings is 2. The van der Waals surface area contributed by atoms with E-state index >= 15 is 0 Å². The third-order valence-corrected chi connectivity index (χ3v) is 5.80. The molecule has 3 aromatic rings. The van der Waals surface area contributed by atoms with Crippen molar-refractivity contribution in [3.05, 3.63) is 77.5 Å². The van der Waals surface area contributed by atoms with Crippen LogP contribution in [0.25, 0.3) is 11.3 Å². The SMILES string of the molecule is CC(C)n1c(C(=O)NCc2ccccc2)nc(-c2ccc(F)cc2)c1CC[C@@H](O)C[C@@H](O)CC(=O)[O-].[Na+]. The zero-order valence-corrected chi connectivity index (χ0v) is 23.4. The number of imidazole rings is 1. The number of hydrogen-bond acceptors (Lipinski definition) is 6. The molecule has 0 bridgehead atoms. The molecule has 0 aliphatic rings. The number of aliphatic hydroxyl groups excluding tert-OH is 2. The third kappa shape index (κ3) is 8.76. The molecule has 8 nitrogen and oxygen atoms in total. The summed E-state index contributed by atoms with van der Waals surface area (Å²) >= 11 is 0. The molecule has 1 amide bonds. The van der Waals surface area contributed by atoms with E-state index < -0.39 is 30.4 Å². The van der Waals surface area contributed by atoms with Gasteiger partial charge in [-0.25, -0.2) is 9.37 Å². The first-order valence-electron chi connectivity index (χ1n) is 11.9. The second-order valence-corrected chi connectivity index (χ2v) is 9.03. The van der Waals surface area contributed by atoms with E-state index in [1.54, 1.807) is 16.7 Å². The summed E-state index contributed by atoms with van der Waals surface area (Å²) in [5, 5.41) is 33.8. The number of nitrogens with one attached hydrogen (secondary N) is 1. The number of carbonyl (C=O) groups excluding carboxylic acids is 2. The third-order valence-electron chi connectivity index (χ3n) is 5.80. The van der Waals surface area contributed by atoms with Crippen LogP contribution in [0.5, 0.6) is 0 Å². The molecule has 2 aromatic carbocycles. The Morgan fingerprint density at radius 1 is 1.05 bits per heavy atom. The van der Waals surface area contributed by atoms with Crippen molar-refractivity contribution >= 4 is 11.9 Å². The molecule has 0 spiro atoms. The van der Waals surface area contributed by atoms with Crippen molar-refractivity contribution in [1.29, 1.82) is 0 Å². The molecule has 0 unspecified atom stereocenters. The number of hydrogen-bond donors (Lipinski definition) is 3. The topological polar surface area (TPSA) is 128 Å². The number of amides is 1. The Bertz CT molecular complexity index is 1170. The van der Waals surface area contributed by atoms with Crippen LogP contribution in [0.15, 0.2) is 54.6 Å². The predicted octanol–water partition coefficient (Wildman–Crippen LogP) is -0.611. The van der Waals surface area contributed by atoms with Crippen molar-refractivity contribution in [2.75, 3.05) is 0 Å². The molecule has 1 heterocycles. The first kappa shape index (κ1) is 30.7. The summed E-state index contributed by atoms with van der Waals surface area (Å²) in [6.45, 7) is 4.14. The van der Waals surface area contributed by atoms with Crippen LogP contribution in [-0.4, -0.2) is 43.8 Å². The summed E-state index contributed by atoms with van der Waals surface area (Å²) in [7, 11) is 0. The fraction of sp³-hybridized carbons (Fsp3) is 0.370. The number of rotatable bonds is 12. The molecule has 0 radical (unpaired) electrons. The summed E-state index contributed by atoms with van der Waals surface area (Å²) in [4.78, 5) is 28.5. The molecule has 0 fully saturated rings. The number of carboxylic acid groups (broad SMARTS) is 1. The monoisotopic (exact) mass is 519 g/mol. The summed E-state index contributed by atoms with van der Waals surface area (Å²) < 4.78 is 15.4. The van der Waals surface area contributed by atoms with E-state index in [1.165, 1.54) is 12.1 Å². The average Bonchev–Trinajstić information content (AvgIpc) is 3.21. The van der Waals surface area contributed by atoms with Crippen LogP contribution in [0.2, 0.25) is 0 Å². The van der Waals surface area contributed by atoms with Crippen LogP contribution >= 0.6 is 0 Å². The van der Waals surface area contributed by atoms with Gasteiger partial charge in [0.15, 0.2) is 5.82 Å². The van der Waals surface area contributed by atoms with Gasteiger partial charge in [-0.05, 0) is 62.9 Å². The molecule has 2 atom stereocenters. The molecule has 3 rings (SSSR count). The molecular formula is C27H31FN3NaO5. The van der Waals surface area contributed by atoms with Crippen LogP contribution in [0.1, 0.15) is 61.0 Å². The minimum Gasteiger partial charge on any atom is -0.550 e. The van der Waals surface area contributed by atoms with E-state index in [1.807, 2.05) is 44.2 Å². The summed E-state index contributed by atoms with van der Waals surface area (Å²) in [6, 6.07) is 15.1. The van der Waals surface area contributed by atoms with E-state index in [0.717, 1.165) is 5.56 Å². The molecule has 37 heavy (non-hydrogen) atoms. The van der Waals surface area contributed by atoms with E-state index in [2.05, 4.69) is 10.3 Å². The molecule has 0 saturated heterocycles. The Labute approximate surface area is 237 Å². The second kappa shape index (κ2) is 14.4. The van der Waals surface area contributed by atoms with Gasteiger partial charge in [0.05, 0.1) is 17.9 Å². The van der Waals surface area contributed by atoms with Gasteiger partial charge < -0.3 is 30.0 Å². The second-order valence-electron chi connectivity index (χ2n) is 9.03. The van der Waals surface area contributed by atoms with Crippen LogP contribution in [0.3, 0.4) is 0 Å². The summed E-state index contributed by atoms with van der Waals surface area (Å²) in [5.41, 5.74) is 2.73. The maximum absolute atomic E-state index is 13.6. The standard InChI is InChI=1S/C27H32FN3O5.Na/c1-17(2)31-23(13-12-21(32)14-22(33)15-24(34)35)25(19-8-10-20(28)11-9-19)30-26(31)27(36)29-16-18-6-4-3-5-7-18;/h3-11,17,21-22,32-33H,12-16H2,1-2H3,(H,29,36)(H,34,35);/q;+1/p-1/t21-,22-;/m1./s1. The number of aliphatic hydroxyl groups is 2. The van der Waals surface area contributed by atoms with Crippen molar-refractivity contribution in [2.45, 2.75) is 64.3 Å². The maximum Gasteiger partial charge on any atom is 1.00 e. The van der Waals surface area contributed by atoms with Crippen LogP contribution in [0.4, 0.5) is 4.39 Å². The number of aliphatic carboxylic acids is 1. The molecular weight excluding hydrogens is 488 g/mol. The van der Waals surface area contributed by atoms with Gasteiger partial charge in [-0.1, -0.05) is 30.3 Å². The quantitative estimate of drug-likeness (QED) is 0.274. The van der Waals surface area contributed by atoms with Gasteiger partial charge in [0.2, 0.25) is 0 Å². The van der Waals surface area contributed by atoms with Gasteiger partial charge in [-0.3, -0.25) is 4.79 Å². The molecule has 0 aliphatic carbocycles. The Kier molecular flexibility index (Phi) is 11.9. The zero-order chi connectivity index (χ0) is 26.2. The minimum absolute atomic E-state index is 0. The van der Waals surface area contributed by atoms with Crippen molar-refractivity contribution in [3.8, 4) is 11.3 Å². The van der Waals surface area contributed by atoms with Gasteiger partial charge in [0.1, 0.15) is 5.82 Å². The molecule has 0 aliphatic heterocycles. The number of halogens is 1. The van der Waals surface area contributed by atoms with Gasteiger partial charge in [0, 0.05) is 36.2 Å². The van der Waals surface area contributed by atoms with E-state index in [0.29, 0.717) is 29.9 Å². The number of aromatic nitrogens is 2. The van der Waals surface area contributed by atoms with Gasteiger partial charge in [-0.15, -0.1) is 0 Å². The number of nitrogens with zero attached hydrogens (tertiary/aromatic N) is 2.